The van der Waals surface area contributed by atoms with Crippen molar-refractivity contribution in [2.45, 2.75) is 23.3 Å². The summed E-state index contributed by atoms with van der Waals surface area (Å²) in [5, 5.41) is 11.0. The third kappa shape index (κ3) is 2.90. The van der Waals surface area contributed by atoms with Crippen LogP contribution < -0.4 is 0 Å². The van der Waals surface area contributed by atoms with Crippen molar-refractivity contribution in [3.8, 4) is 0 Å². The molecule has 0 bridgehead atoms. The van der Waals surface area contributed by atoms with Crippen molar-refractivity contribution in [1.29, 1.82) is 0 Å². The molecule has 0 aromatic heterocycles. The topological polar surface area (TPSA) is 97.6 Å². The van der Waals surface area contributed by atoms with Crippen molar-refractivity contribution in [3.05, 3.63) is 70.3 Å². The quantitative estimate of drug-likeness (QED) is 0.405. The van der Waals surface area contributed by atoms with Gasteiger partial charge >= 0.3 is 0 Å². The van der Waals surface area contributed by atoms with Gasteiger partial charge in [0.05, 0.1) is 15.4 Å². The number of rotatable bonds is 5. The molecule has 1 saturated heterocycles. The van der Waals surface area contributed by atoms with Crippen LogP contribution in [-0.2, 0) is 20.4 Å². The number of benzene rings is 2. The van der Waals surface area contributed by atoms with Crippen molar-refractivity contribution < 1.29 is 18.1 Å². The highest BCUT2D eigenvalue weighted by Gasteiger charge is 2.52. The molecule has 0 aliphatic carbocycles. The fourth-order valence-corrected chi connectivity index (χ4v) is 5.97. The highest BCUT2D eigenvalue weighted by Crippen LogP contribution is 2.44. The van der Waals surface area contributed by atoms with Gasteiger partial charge in [0.2, 0.25) is 5.91 Å². The normalized spacial score (nSPS) is 20.3. The molecule has 1 atom stereocenters. The molecular weight excluding hydrogens is 424 g/mol. The minimum Gasteiger partial charge on any atom is -0.274 e. The van der Waals surface area contributed by atoms with Gasteiger partial charge in [-0.15, -0.1) is 0 Å². The second kappa shape index (κ2) is 6.81. The molecule has 3 rings (SSSR count). The lowest BCUT2D eigenvalue weighted by Gasteiger charge is -2.36. The maximum atomic E-state index is 13.2. The van der Waals surface area contributed by atoms with Crippen LogP contribution in [0.25, 0.3) is 0 Å². The molecule has 2 aromatic carbocycles. The third-order valence-electron chi connectivity index (χ3n) is 4.49. The standard InChI is InChI=1S/C17H15BrN2O5S/c18-12-17(13-4-2-1-3-5-13)11-10-16(21)19(17)26(24,25)15-8-6-14(7-9-15)20(22)23/h1-9H,10-12H2/t17-/m0/s1. The zero-order valence-electron chi connectivity index (χ0n) is 13.5. The molecule has 0 spiro atoms. The Balaban J connectivity index is 2.12. The average Bonchev–Trinajstić information content (AvgIpc) is 3.01. The van der Waals surface area contributed by atoms with E-state index in [0.29, 0.717) is 12.0 Å². The number of hydrogen-bond donors (Lipinski definition) is 0. The van der Waals surface area contributed by atoms with Gasteiger partial charge in [-0.2, -0.15) is 0 Å². The number of nitro benzene ring substituents is 1. The van der Waals surface area contributed by atoms with Gasteiger partial charge in [-0.25, -0.2) is 12.7 Å². The Morgan fingerprint density at radius 2 is 1.73 bits per heavy atom. The fraction of sp³-hybridized carbons (Fsp3) is 0.235. The first-order valence-electron chi connectivity index (χ1n) is 7.77. The molecule has 1 amide bonds. The van der Waals surface area contributed by atoms with Gasteiger partial charge in [-0.05, 0) is 24.1 Å². The van der Waals surface area contributed by atoms with E-state index in [1.807, 2.05) is 6.07 Å². The average molecular weight is 439 g/mol. The molecule has 1 fully saturated rings. The summed E-state index contributed by atoms with van der Waals surface area (Å²) >= 11 is 3.39. The molecule has 1 heterocycles. The summed E-state index contributed by atoms with van der Waals surface area (Å²) in [6.45, 7) is 0. The number of halogens is 1. The van der Waals surface area contributed by atoms with E-state index >= 15 is 0 Å². The van der Waals surface area contributed by atoms with E-state index in [9.17, 15) is 23.3 Å². The molecule has 0 unspecified atom stereocenters. The van der Waals surface area contributed by atoms with Crippen LogP contribution in [-0.4, -0.2) is 28.9 Å². The van der Waals surface area contributed by atoms with E-state index in [1.165, 1.54) is 0 Å². The molecule has 1 aliphatic heterocycles. The number of sulfonamides is 1. The van der Waals surface area contributed by atoms with Gasteiger partial charge in [0, 0.05) is 23.9 Å². The maximum absolute atomic E-state index is 13.2. The Labute approximate surface area is 159 Å². The van der Waals surface area contributed by atoms with Crippen molar-refractivity contribution in [2.75, 3.05) is 5.33 Å². The first kappa shape index (κ1) is 18.5. The van der Waals surface area contributed by atoms with Crippen molar-refractivity contribution in [3.63, 3.8) is 0 Å². The molecule has 0 radical (unpaired) electrons. The lowest BCUT2D eigenvalue weighted by molar-refractivity contribution is -0.384. The van der Waals surface area contributed by atoms with Crippen LogP contribution in [0.1, 0.15) is 18.4 Å². The van der Waals surface area contributed by atoms with Crippen LogP contribution in [0.15, 0.2) is 59.5 Å². The number of carbonyl (C=O) groups excluding carboxylic acids is 1. The maximum Gasteiger partial charge on any atom is 0.269 e. The molecule has 0 saturated carbocycles. The molecule has 7 nitrogen and oxygen atoms in total. The number of hydrogen-bond acceptors (Lipinski definition) is 5. The number of non-ortho nitro benzene ring substituents is 1. The zero-order chi connectivity index (χ0) is 18.9. The highest BCUT2D eigenvalue weighted by atomic mass is 79.9. The van der Waals surface area contributed by atoms with E-state index < -0.39 is 26.4 Å². The lowest BCUT2D eigenvalue weighted by atomic mass is 9.91. The summed E-state index contributed by atoms with van der Waals surface area (Å²) in [4.78, 5) is 22.6. The van der Waals surface area contributed by atoms with E-state index in [4.69, 9.17) is 0 Å². The molecule has 1 aliphatic rings. The van der Waals surface area contributed by atoms with Crippen LogP contribution >= 0.6 is 15.9 Å². The van der Waals surface area contributed by atoms with Gasteiger partial charge in [-0.3, -0.25) is 14.9 Å². The SMILES string of the molecule is O=C1CC[C@](CBr)(c2ccccc2)N1S(=O)(=O)c1ccc([N+](=O)[O-])cc1. The number of amides is 1. The largest absolute Gasteiger partial charge is 0.274 e. The summed E-state index contributed by atoms with van der Waals surface area (Å²) in [5.74, 6) is -0.494. The van der Waals surface area contributed by atoms with Gasteiger partial charge in [-0.1, -0.05) is 46.3 Å². The first-order valence-corrected chi connectivity index (χ1v) is 10.3. The monoisotopic (exact) mass is 438 g/mol. The molecule has 2 aromatic rings. The smallest absolute Gasteiger partial charge is 0.269 e. The Kier molecular flexibility index (Phi) is 4.85. The van der Waals surface area contributed by atoms with Crippen LogP contribution in [0.3, 0.4) is 0 Å². The Morgan fingerprint density at radius 1 is 1.12 bits per heavy atom. The minimum absolute atomic E-state index is 0.104. The fourth-order valence-electron chi connectivity index (χ4n) is 3.17. The molecular formula is C17H15BrN2O5S. The van der Waals surface area contributed by atoms with E-state index in [2.05, 4.69) is 15.9 Å². The first-order chi connectivity index (χ1) is 12.3. The summed E-state index contributed by atoms with van der Waals surface area (Å²) in [7, 11) is -4.17. The lowest BCUT2D eigenvalue weighted by Crippen LogP contribution is -2.48. The van der Waals surface area contributed by atoms with Gasteiger partial charge in [0.25, 0.3) is 15.7 Å². The predicted octanol–water partition coefficient (Wildman–Crippen LogP) is 3.20. The summed E-state index contributed by atoms with van der Waals surface area (Å²) in [6.07, 6.45) is 0.458. The summed E-state index contributed by atoms with van der Waals surface area (Å²) in [6, 6.07) is 13.5. The van der Waals surface area contributed by atoms with Crippen molar-refractivity contribution in [2.24, 2.45) is 0 Å². The van der Waals surface area contributed by atoms with Crippen LogP contribution in [0, 0.1) is 10.1 Å². The zero-order valence-corrected chi connectivity index (χ0v) is 15.9. The van der Waals surface area contributed by atoms with Gasteiger partial charge < -0.3 is 0 Å². The third-order valence-corrected chi connectivity index (χ3v) is 7.32. The second-order valence-corrected chi connectivity index (χ2v) is 8.29. The minimum atomic E-state index is -4.17. The van der Waals surface area contributed by atoms with Crippen LogP contribution in [0.5, 0.6) is 0 Å². The van der Waals surface area contributed by atoms with E-state index in [0.717, 1.165) is 28.6 Å². The predicted molar refractivity (Wildman–Crippen MR) is 98.3 cm³/mol. The molecule has 9 heteroatoms. The molecule has 0 N–H and O–H groups in total. The number of carbonyl (C=O) groups is 1. The molecule has 26 heavy (non-hydrogen) atoms. The van der Waals surface area contributed by atoms with Crippen molar-refractivity contribution in [1.82, 2.24) is 4.31 Å². The second-order valence-electron chi connectivity index (χ2n) is 5.95. The van der Waals surface area contributed by atoms with Gasteiger partial charge in [0.1, 0.15) is 0 Å². The molecule has 136 valence electrons. The van der Waals surface area contributed by atoms with Crippen LogP contribution in [0.2, 0.25) is 0 Å². The van der Waals surface area contributed by atoms with Crippen LogP contribution in [0.4, 0.5) is 5.69 Å². The van der Waals surface area contributed by atoms with Crippen molar-refractivity contribution >= 4 is 37.5 Å². The van der Waals surface area contributed by atoms with E-state index in [1.54, 1.807) is 24.3 Å². The van der Waals surface area contributed by atoms with Gasteiger partial charge in [0.15, 0.2) is 0 Å². The number of nitro groups is 1. The summed E-state index contributed by atoms with van der Waals surface area (Å²) in [5.41, 5.74) is -0.529. The number of alkyl halides is 1. The Morgan fingerprint density at radius 3 is 2.27 bits per heavy atom. The summed E-state index contributed by atoms with van der Waals surface area (Å²) < 4.78 is 27.3. The Hall–Kier alpha value is -2.26. The number of nitrogens with zero attached hydrogens (tertiary/aromatic N) is 2. The Bertz CT molecular complexity index is 947. The van der Waals surface area contributed by atoms with E-state index in [-0.39, 0.29) is 22.3 Å². The highest BCUT2D eigenvalue weighted by molar-refractivity contribution is 9.09.